The quantitative estimate of drug-likeness (QED) is 0.563. The van der Waals surface area contributed by atoms with E-state index in [4.69, 9.17) is 9.47 Å². The zero-order valence-electron chi connectivity index (χ0n) is 15.2. The van der Waals surface area contributed by atoms with Crippen molar-refractivity contribution in [3.63, 3.8) is 0 Å². The van der Waals surface area contributed by atoms with Gasteiger partial charge in [0.25, 0.3) is 0 Å². The van der Waals surface area contributed by atoms with Crippen molar-refractivity contribution in [1.82, 2.24) is 15.5 Å². The molecule has 2 N–H and O–H groups in total. The van der Waals surface area contributed by atoms with E-state index in [0.717, 1.165) is 37.6 Å². The molecule has 26 heavy (non-hydrogen) atoms. The summed E-state index contributed by atoms with van der Waals surface area (Å²) in [6.07, 6.45) is -0.249. The molecule has 0 aromatic heterocycles. The monoisotopic (exact) mass is 362 g/mol. The molecule has 2 aliphatic heterocycles. The van der Waals surface area contributed by atoms with Crippen LogP contribution in [0.1, 0.15) is 6.92 Å². The Balaban J connectivity index is 1.52. The third-order valence-electron chi connectivity index (χ3n) is 4.78. The minimum atomic E-state index is -0.774. The highest BCUT2D eigenvalue weighted by Crippen LogP contribution is 2.22. The van der Waals surface area contributed by atoms with Gasteiger partial charge < -0.3 is 19.7 Å². The molecular weight excluding hydrogens is 336 g/mol. The zero-order valence-corrected chi connectivity index (χ0v) is 15.2. The van der Waals surface area contributed by atoms with Crippen molar-refractivity contribution < 1.29 is 19.1 Å². The highest BCUT2D eigenvalue weighted by Gasteiger charge is 2.36. The Labute approximate surface area is 153 Å². The van der Waals surface area contributed by atoms with Gasteiger partial charge in [-0.1, -0.05) is 6.07 Å². The first-order valence-corrected chi connectivity index (χ1v) is 8.96. The van der Waals surface area contributed by atoms with Crippen molar-refractivity contribution in [2.75, 3.05) is 51.3 Å². The predicted octanol–water partition coefficient (Wildman–Crippen LogP) is -0.000500. The van der Waals surface area contributed by atoms with Crippen LogP contribution < -0.4 is 20.3 Å². The number of nitrogens with one attached hydrogen (secondary N) is 2. The molecule has 2 saturated heterocycles. The molecule has 0 saturated carbocycles. The Morgan fingerprint density at radius 3 is 2.69 bits per heavy atom. The first-order chi connectivity index (χ1) is 12.6. The molecule has 2 fully saturated rings. The Bertz CT molecular complexity index is 646. The minimum Gasteiger partial charge on any atom is -0.497 e. The molecule has 0 bridgehead atoms. The number of nitrogens with zero attached hydrogens (tertiary/aromatic N) is 2. The van der Waals surface area contributed by atoms with Crippen LogP contribution in [0, 0.1) is 5.92 Å². The average molecular weight is 362 g/mol. The fourth-order valence-electron chi connectivity index (χ4n) is 3.31. The fourth-order valence-corrected chi connectivity index (χ4v) is 3.31. The van der Waals surface area contributed by atoms with Gasteiger partial charge in [0.05, 0.1) is 13.7 Å². The van der Waals surface area contributed by atoms with Gasteiger partial charge in [-0.05, 0) is 19.1 Å². The van der Waals surface area contributed by atoms with E-state index in [-0.39, 0.29) is 18.8 Å². The van der Waals surface area contributed by atoms with E-state index in [1.807, 2.05) is 18.2 Å². The Hall–Kier alpha value is -2.32. The van der Waals surface area contributed by atoms with E-state index in [9.17, 15) is 9.59 Å². The van der Waals surface area contributed by atoms with Crippen molar-refractivity contribution in [1.29, 1.82) is 0 Å². The van der Waals surface area contributed by atoms with Gasteiger partial charge in [0, 0.05) is 44.5 Å². The molecule has 2 atom stereocenters. The second kappa shape index (κ2) is 8.37. The summed E-state index contributed by atoms with van der Waals surface area (Å²) < 4.78 is 10.2. The van der Waals surface area contributed by atoms with Gasteiger partial charge in [-0.25, -0.2) is 0 Å². The molecule has 8 heteroatoms. The third-order valence-corrected chi connectivity index (χ3v) is 4.78. The summed E-state index contributed by atoms with van der Waals surface area (Å²) >= 11 is 0. The first kappa shape index (κ1) is 18.5. The number of carbonyl (C=O) groups excluding carboxylic acids is 2. The summed E-state index contributed by atoms with van der Waals surface area (Å²) in [7, 11) is 1.66. The van der Waals surface area contributed by atoms with Gasteiger partial charge in [0.2, 0.25) is 5.91 Å². The second-order valence-electron chi connectivity index (χ2n) is 6.35. The van der Waals surface area contributed by atoms with Crippen LogP contribution >= 0.6 is 0 Å². The SMILES string of the molecule is CCOC(=O)C1CNC(N2CCN(c3cccc(OC)c3)CC2)NC1=O. The smallest absolute Gasteiger partial charge is 0.319 e. The summed E-state index contributed by atoms with van der Waals surface area (Å²) in [5.74, 6) is -0.679. The van der Waals surface area contributed by atoms with E-state index in [1.165, 1.54) is 0 Å². The van der Waals surface area contributed by atoms with Crippen LogP contribution in [-0.4, -0.2) is 69.5 Å². The standard InChI is InChI=1S/C18H26N4O4/c1-3-26-17(24)15-12-19-18(20-16(15)23)22-9-7-21(8-10-22)13-5-4-6-14(11-13)25-2/h4-6,11,15,18-19H,3,7-10,12H2,1-2H3,(H,20,23). The Morgan fingerprint density at radius 2 is 2.04 bits per heavy atom. The number of anilines is 1. The molecule has 0 spiro atoms. The van der Waals surface area contributed by atoms with E-state index < -0.39 is 11.9 Å². The lowest BCUT2D eigenvalue weighted by Crippen LogP contribution is -2.67. The van der Waals surface area contributed by atoms with E-state index in [2.05, 4.69) is 26.5 Å². The number of esters is 1. The number of rotatable bonds is 5. The molecule has 1 amide bonds. The van der Waals surface area contributed by atoms with Gasteiger partial charge in [0.1, 0.15) is 18.0 Å². The van der Waals surface area contributed by atoms with Crippen LogP contribution in [0.25, 0.3) is 0 Å². The van der Waals surface area contributed by atoms with E-state index in [0.29, 0.717) is 6.54 Å². The topological polar surface area (TPSA) is 83.1 Å². The second-order valence-corrected chi connectivity index (χ2v) is 6.35. The van der Waals surface area contributed by atoms with Crippen molar-refractivity contribution >= 4 is 17.6 Å². The summed E-state index contributed by atoms with van der Waals surface area (Å²) in [5.41, 5.74) is 1.13. The van der Waals surface area contributed by atoms with Crippen LogP contribution in [0.5, 0.6) is 5.75 Å². The maximum absolute atomic E-state index is 12.2. The van der Waals surface area contributed by atoms with E-state index >= 15 is 0 Å². The number of carbonyl (C=O) groups is 2. The van der Waals surface area contributed by atoms with Crippen LogP contribution in [-0.2, 0) is 14.3 Å². The zero-order chi connectivity index (χ0) is 18.5. The Kier molecular flexibility index (Phi) is 5.95. The largest absolute Gasteiger partial charge is 0.497 e. The summed E-state index contributed by atoms with van der Waals surface area (Å²) in [4.78, 5) is 28.5. The normalized spacial score (nSPS) is 24.1. The first-order valence-electron chi connectivity index (χ1n) is 8.96. The molecule has 2 aliphatic rings. The van der Waals surface area contributed by atoms with Crippen molar-refractivity contribution in [2.24, 2.45) is 5.92 Å². The molecular formula is C18H26N4O4. The number of amides is 1. The number of ether oxygens (including phenoxy) is 2. The van der Waals surface area contributed by atoms with Gasteiger partial charge in [-0.3, -0.25) is 19.8 Å². The molecule has 142 valence electrons. The third kappa shape index (κ3) is 4.08. The van der Waals surface area contributed by atoms with Gasteiger partial charge >= 0.3 is 5.97 Å². The van der Waals surface area contributed by atoms with Crippen molar-refractivity contribution in [3.8, 4) is 5.75 Å². The lowest BCUT2D eigenvalue weighted by molar-refractivity contribution is -0.154. The molecule has 3 rings (SSSR count). The minimum absolute atomic E-state index is 0.249. The van der Waals surface area contributed by atoms with Gasteiger partial charge in [-0.2, -0.15) is 0 Å². The van der Waals surface area contributed by atoms with Crippen LogP contribution in [0.4, 0.5) is 5.69 Å². The molecule has 1 aromatic rings. The lowest BCUT2D eigenvalue weighted by Gasteiger charge is -2.42. The van der Waals surface area contributed by atoms with Crippen molar-refractivity contribution in [3.05, 3.63) is 24.3 Å². The predicted molar refractivity (Wildman–Crippen MR) is 96.8 cm³/mol. The molecule has 0 radical (unpaired) electrons. The maximum atomic E-state index is 12.2. The molecule has 0 aliphatic carbocycles. The maximum Gasteiger partial charge on any atom is 0.319 e. The Morgan fingerprint density at radius 1 is 1.27 bits per heavy atom. The number of methoxy groups -OCH3 is 1. The van der Waals surface area contributed by atoms with Crippen LogP contribution in [0.15, 0.2) is 24.3 Å². The van der Waals surface area contributed by atoms with E-state index in [1.54, 1.807) is 14.0 Å². The lowest BCUT2D eigenvalue weighted by atomic mass is 10.1. The molecule has 2 heterocycles. The fraction of sp³-hybridized carbons (Fsp3) is 0.556. The number of hydrogen-bond acceptors (Lipinski definition) is 7. The number of piperazine rings is 1. The summed E-state index contributed by atoms with van der Waals surface area (Å²) in [6.45, 7) is 5.61. The van der Waals surface area contributed by atoms with Crippen LogP contribution in [0.2, 0.25) is 0 Å². The average Bonchev–Trinajstić information content (AvgIpc) is 2.68. The van der Waals surface area contributed by atoms with Gasteiger partial charge in [-0.15, -0.1) is 0 Å². The highest BCUT2D eigenvalue weighted by atomic mass is 16.5. The van der Waals surface area contributed by atoms with Crippen LogP contribution in [0.3, 0.4) is 0 Å². The summed E-state index contributed by atoms with van der Waals surface area (Å²) in [6, 6.07) is 8.02. The molecule has 2 unspecified atom stereocenters. The van der Waals surface area contributed by atoms with Crippen molar-refractivity contribution in [2.45, 2.75) is 13.2 Å². The summed E-state index contributed by atoms with van der Waals surface area (Å²) in [5, 5.41) is 6.12. The molecule has 1 aromatic carbocycles. The highest BCUT2D eigenvalue weighted by molar-refractivity contribution is 5.98. The van der Waals surface area contributed by atoms with Gasteiger partial charge in [0.15, 0.2) is 0 Å². The number of benzene rings is 1. The molecule has 8 nitrogen and oxygen atoms in total. The number of hydrogen-bond donors (Lipinski definition) is 2.